The number of thiazole rings is 1. The first-order valence-corrected chi connectivity index (χ1v) is 8.71. The van der Waals surface area contributed by atoms with Crippen LogP contribution >= 0.6 is 11.3 Å². The summed E-state index contributed by atoms with van der Waals surface area (Å²) in [6.07, 6.45) is 0. The van der Waals surface area contributed by atoms with Crippen LogP contribution in [0.5, 0.6) is 0 Å². The van der Waals surface area contributed by atoms with Crippen LogP contribution in [0.15, 0.2) is 39.9 Å². The number of nitriles is 1. The van der Waals surface area contributed by atoms with Gasteiger partial charge in [0.2, 0.25) is 0 Å². The van der Waals surface area contributed by atoms with Crippen molar-refractivity contribution in [2.75, 3.05) is 5.32 Å². The molecule has 26 heavy (non-hydrogen) atoms. The molecule has 0 radical (unpaired) electrons. The Bertz CT molecular complexity index is 1120. The predicted molar refractivity (Wildman–Crippen MR) is 101 cm³/mol. The summed E-state index contributed by atoms with van der Waals surface area (Å²) in [5.41, 5.74) is 0.728. The van der Waals surface area contributed by atoms with Crippen molar-refractivity contribution in [3.8, 4) is 16.6 Å². The molecule has 1 N–H and O–H groups in total. The molecule has 8 heteroatoms. The molecule has 0 amide bonds. The van der Waals surface area contributed by atoms with E-state index in [2.05, 4.69) is 10.3 Å². The van der Waals surface area contributed by atoms with Gasteiger partial charge in [-0.3, -0.25) is 13.9 Å². The fraction of sp³-hybridized carbons (Fsp3) is 0.222. The van der Waals surface area contributed by atoms with E-state index in [1.807, 2.05) is 43.3 Å². The molecule has 2 aromatic heterocycles. The molecule has 2 heterocycles. The van der Waals surface area contributed by atoms with E-state index in [1.165, 1.54) is 30.0 Å². The number of nitrogens with zero attached hydrogens (tertiary/aromatic N) is 4. The lowest BCUT2D eigenvalue weighted by atomic mass is 10.2. The van der Waals surface area contributed by atoms with Crippen molar-refractivity contribution in [2.45, 2.75) is 13.5 Å². The molecule has 3 aromatic rings. The van der Waals surface area contributed by atoms with Gasteiger partial charge in [0.1, 0.15) is 16.9 Å². The monoisotopic (exact) mass is 367 g/mol. The second-order valence-electron chi connectivity index (χ2n) is 5.79. The lowest BCUT2D eigenvalue weighted by molar-refractivity contribution is 0.685. The highest BCUT2D eigenvalue weighted by Gasteiger charge is 2.16. The minimum Gasteiger partial charge on any atom is -0.365 e. The van der Waals surface area contributed by atoms with Crippen molar-refractivity contribution in [2.24, 2.45) is 14.1 Å². The zero-order chi connectivity index (χ0) is 18.8. The second kappa shape index (κ2) is 6.98. The maximum atomic E-state index is 12.1. The zero-order valence-electron chi connectivity index (χ0n) is 14.6. The summed E-state index contributed by atoms with van der Waals surface area (Å²) >= 11 is 1.54. The van der Waals surface area contributed by atoms with E-state index in [1.54, 1.807) is 0 Å². The third-order valence-corrected chi connectivity index (χ3v) is 5.31. The van der Waals surface area contributed by atoms with Crippen LogP contribution in [-0.2, 0) is 20.6 Å². The van der Waals surface area contributed by atoms with Crippen molar-refractivity contribution < 1.29 is 0 Å². The Morgan fingerprint density at radius 1 is 1.19 bits per heavy atom. The summed E-state index contributed by atoms with van der Waals surface area (Å²) in [6.45, 7) is 2.28. The fourth-order valence-electron chi connectivity index (χ4n) is 2.61. The van der Waals surface area contributed by atoms with Gasteiger partial charge in [-0.2, -0.15) is 5.26 Å². The smallest absolute Gasteiger partial charge is 0.332 e. The first kappa shape index (κ1) is 17.6. The Kier molecular flexibility index (Phi) is 4.73. The van der Waals surface area contributed by atoms with Gasteiger partial charge in [-0.1, -0.05) is 30.3 Å². The number of hydrogen-bond acceptors (Lipinski definition) is 6. The average molecular weight is 367 g/mol. The summed E-state index contributed by atoms with van der Waals surface area (Å²) in [5, 5.41) is 13.3. The van der Waals surface area contributed by atoms with Crippen LogP contribution < -0.4 is 16.6 Å². The third-order valence-electron chi connectivity index (χ3n) is 4.11. The number of benzene rings is 1. The Morgan fingerprint density at radius 3 is 2.54 bits per heavy atom. The van der Waals surface area contributed by atoms with Crippen molar-refractivity contribution in [3.63, 3.8) is 0 Å². The van der Waals surface area contributed by atoms with Gasteiger partial charge in [-0.15, -0.1) is 11.3 Å². The van der Waals surface area contributed by atoms with Gasteiger partial charge in [0.05, 0.1) is 12.2 Å². The van der Waals surface area contributed by atoms with Gasteiger partial charge < -0.3 is 5.32 Å². The van der Waals surface area contributed by atoms with Crippen molar-refractivity contribution >= 4 is 17.2 Å². The quantitative estimate of drug-likeness (QED) is 0.761. The molecule has 0 atom stereocenters. The van der Waals surface area contributed by atoms with E-state index in [-0.39, 0.29) is 11.4 Å². The first-order valence-electron chi connectivity index (χ1n) is 7.89. The van der Waals surface area contributed by atoms with Gasteiger partial charge in [-0.05, 0) is 6.92 Å². The lowest BCUT2D eigenvalue weighted by Crippen LogP contribution is -2.39. The van der Waals surface area contributed by atoms with E-state index in [4.69, 9.17) is 0 Å². The van der Waals surface area contributed by atoms with Crippen LogP contribution in [0, 0.1) is 18.3 Å². The molecule has 3 rings (SSSR count). The Labute approximate surface area is 153 Å². The molecule has 7 nitrogen and oxygen atoms in total. The summed E-state index contributed by atoms with van der Waals surface area (Å²) in [5.74, 6) is 0.217. The molecule has 0 aliphatic rings. The van der Waals surface area contributed by atoms with Gasteiger partial charge >= 0.3 is 5.69 Å². The minimum atomic E-state index is -0.607. The summed E-state index contributed by atoms with van der Waals surface area (Å²) in [4.78, 5) is 29.8. The maximum Gasteiger partial charge on any atom is 0.332 e. The van der Waals surface area contributed by atoms with Crippen molar-refractivity contribution in [1.82, 2.24) is 14.1 Å². The lowest BCUT2D eigenvalue weighted by Gasteiger charge is -2.13. The second-order valence-corrected chi connectivity index (χ2v) is 6.87. The molecule has 132 valence electrons. The minimum absolute atomic E-state index is 0.0833. The molecule has 0 saturated carbocycles. The summed E-state index contributed by atoms with van der Waals surface area (Å²) < 4.78 is 2.20. The summed E-state index contributed by atoms with van der Waals surface area (Å²) in [7, 11) is 2.88. The average Bonchev–Trinajstić information content (AvgIpc) is 3.03. The zero-order valence-corrected chi connectivity index (χ0v) is 15.4. The van der Waals surface area contributed by atoms with Gasteiger partial charge in [0.15, 0.2) is 5.56 Å². The largest absolute Gasteiger partial charge is 0.365 e. The maximum absolute atomic E-state index is 12.1. The van der Waals surface area contributed by atoms with E-state index >= 15 is 0 Å². The number of hydrogen-bond donors (Lipinski definition) is 1. The van der Waals surface area contributed by atoms with Crippen LogP contribution in [0.3, 0.4) is 0 Å². The molecule has 0 aliphatic heterocycles. The standard InChI is InChI=1S/C18H17N5O2S/c1-11-14(26-16(21-11)12-7-5-4-6-8-12)10-20-15-13(9-19)17(24)23(3)18(25)22(15)2/h4-8,20H,10H2,1-3H3. The van der Waals surface area contributed by atoms with Crippen molar-refractivity contribution in [1.29, 1.82) is 5.26 Å². The number of rotatable bonds is 4. The van der Waals surface area contributed by atoms with Crippen LogP contribution in [0.1, 0.15) is 16.1 Å². The Balaban J connectivity index is 1.94. The highest BCUT2D eigenvalue weighted by Crippen LogP contribution is 2.28. The van der Waals surface area contributed by atoms with Gasteiger partial charge in [0, 0.05) is 24.5 Å². The highest BCUT2D eigenvalue weighted by molar-refractivity contribution is 7.15. The molecule has 0 unspecified atom stereocenters. The van der Waals surface area contributed by atoms with Crippen LogP contribution in [0.4, 0.5) is 5.82 Å². The molecular weight excluding hydrogens is 350 g/mol. The Morgan fingerprint density at radius 2 is 1.88 bits per heavy atom. The topological polar surface area (TPSA) is 92.7 Å². The van der Waals surface area contributed by atoms with E-state index < -0.39 is 11.2 Å². The number of anilines is 1. The fourth-order valence-corrected chi connectivity index (χ4v) is 3.62. The van der Waals surface area contributed by atoms with Crippen molar-refractivity contribution in [3.05, 3.63) is 67.3 Å². The highest BCUT2D eigenvalue weighted by atomic mass is 32.1. The first-order chi connectivity index (χ1) is 12.4. The Hall–Kier alpha value is -3.18. The van der Waals surface area contributed by atoms with Crippen LogP contribution in [-0.4, -0.2) is 14.1 Å². The van der Waals surface area contributed by atoms with E-state index in [9.17, 15) is 14.9 Å². The van der Waals surface area contributed by atoms with Crippen LogP contribution in [0.2, 0.25) is 0 Å². The molecular formula is C18H17N5O2S. The predicted octanol–water partition coefficient (Wildman–Crippen LogP) is 2.00. The van der Waals surface area contributed by atoms with Crippen LogP contribution in [0.25, 0.3) is 10.6 Å². The van der Waals surface area contributed by atoms with E-state index in [0.717, 1.165) is 25.7 Å². The molecule has 0 aliphatic carbocycles. The molecule has 0 saturated heterocycles. The molecule has 1 aromatic carbocycles. The molecule has 0 bridgehead atoms. The summed E-state index contributed by atoms with van der Waals surface area (Å²) in [6, 6.07) is 11.7. The van der Waals surface area contributed by atoms with Gasteiger partial charge in [-0.25, -0.2) is 9.78 Å². The molecule has 0 spiro atoms. The van der Waals surface area contributed by atoms with E-state index in [0.29, 0.717) is 6.54 Å². The molecule has 0 fully saturated rings. The van der Waals surface area contributed by atoms with Gasteiger partial charge in [0.25, 0.3) is 5.56 Å². The SMILES string of the molecule is Cc1nc(-c2ccccc2)sc1CNc1c(C#N)c(=O)n(C)c(=O)n1C. The normalized spacial score (nSPS) is 10.5. The third kappa shape index (κ3) is 3.05. The number of aryl methyl sites for hydroxylation is 1. The number of nitrogens with one attached hydrogen (secondary N) is 1. The number of aromatic nitrogens is 3.